The lowest BCUT2D eigenvalue weighted by Crippen LogP contribution is -2.31. The topological polar surface area (TPSA) is 54.9 Å². The molecular formula is C17H27N3O2. The standard InChI is InChI=1S/C17H27N3O2/c1-13(2)6-4-9-19-17(18-3)20-14-7-8-15-16(12-14)22-11-5-10-21-15/h7-8,12-13H,4-6,9-11H2,1-3H3,(H2,18,19,20). The van der Waals surface area contributed by atoms with E-state index >= 15 is 0 Å². The Morgan fingerprint density at radius 3 is 2.73 bits per heavy atom. The second-order valence-corrected chi connectivity index (χ2v) is 5.87. The molecule has 2 N–H and O–H groups in total. The van der Waals surface area contributed by atoms with Crippen molar-refractivity contribution in [1.29, 1.82) is 0 Å². The highest BCUT2D eigenvalue weighted by molar-refractivity contribution is 5.93. The highest BCUT2D eigenvalue weighted by atomic mass is 16.5. The number of anilines is 1. The van der Waals surface area contributed by atoms with Crippen molar-refractivity contribution < 1.29 is 9.47 Å². The van der Waals surface area contributed by atoms with Crippen molar-refractivity contribution in [3.63, 3.8) is 0 Å². The molecule has 0 unspecified atom stereocenters. The number of fused-ring (bicyclic) bond motifs is 1. The number of hydrogen-bond acceptors (Lipinski definition) is 3. The molecule has 2 rings (SSSR count). The van der Waals surface area contributed by atoms with Gasteiger partial charge < -0.3 is 20.1 Å². The molecule has 0 saturated carbocycles. The lowest BCUT2D eigenvalue weighted by molar-refractivity contribution is 0.297. The summed E-state index contributed by atoms with van der Waals surface area (Å²) in [5.74, 6) is 3.11. The Morgan fingerprint density at radius 2 is 2.00 bits per heavy atom. The van der Waals surface area contributed by atoms with Gasteiger partial charge >= 0.3 is 0 Å². The fraction of sp³-hybridized carbons (Fsp3) is 0.588. The van der Waals surface area contributed by atoms with E-state index in [1.165, 1.54) is 6.42 Å². The highest BCUT2D eigenvalue weighted by Gasteiger charge is 2.11. The van der Waals surface area contributed by atoms with Gasteiger partial charge in [0.25, 0.3) is 0 Å². The first-order valence-corrected chi connectivity index (χ1v) is 8.06. The Morgan fingerprint density at radius 1 is 1.23 bits per heavy atom. The monoisotopic (exact) mass is 305 g/mol. The molecule has 0 bridgehead atoms. The number of aliphatic imine (C=N–C) groups is 1. The Hall–Kier alpha value is -1.91. The number of rotatable bonds is 5. The van der Waals surface area contributed by atoms with Gasteiger partial charge in [-0.05, 0) is 30.9 Å². The van der Waals surface area contributed by atoms with Crippen molar-refractivity contribution in [2.45, 2.75) is 33.1 Å². The molecule has 0 aliphatic carbocycles. The summed E-state index contributed by atoms with van der Waals surface area (Å²) in [4.78, 5) is 4.25. The second kappa shape index (κ2) is 8.51. The van der Waals surface area contributed by atoms with Gasteiger partial charge in [-0.25, -0.2) is 0 Å². The summed E-state index contributed by atoms with van der Waals surface area (Å²) < 4.78 is 11.3. The first kappa shape index (κ1) is 16.5. The minimum absolute atomic E-state index is 0.693. The van der Waals surface area contributed by atoms with E-state index in [-0.39, 0.29) is 0 Å². The zero-order valence-electron chi connectivity index (χ0n) is 13.8. The Balaban J connectivity index is 1.89. The van der Waals surface area contributed by atoms with Crippen LogP contribution >= 0.6 is 0 Å². The summed E-state index contributed by atoms with van der Waals surface area (Å²) in [6.07, 6.45) is 3.27. The molecule has 0 atom stereocenters. The van der Waals surface area contributed by atoms with Crippen LogP contribution in [0.5, 0.6) is 11.5 Å². The molecular weight excluding hydrogens is 278 g/mol. The zero-order valence-corrected chi connectivity index (χ0v) is 13.8. The van der Waals surface area contributed by atoms with Crippen LogP contribution in [0.4, 0.5) is 5.69 Å². The number of guanidine groups is 1. The van der Waals surface area contributed by atoms with Crippen LogP contribution in [0, 0.1) is 5.92 Å². The van der Waals surface area contributed by atoms with Crippen LogP contribution in [0.15, 0.2) is 23.2 Å². The van der Waals surface area contributed by atoms with E-state index in [1.807, 2.05) is 18.2 Å². The maximum absolute atomic E-state index is 5.70. The molecule has 5 nitrogen and oxygen atoms in total. The molecule has 5 heteroatoms. The fourth-order valence-electron chi connectivity index (χ4n) is 2.27. The average molecular weight is 305 g/mol. The van der Waals surface area contributed by atoms with E-state index in [0.29, 0.717) is 13.2 Å². The largest absolute Gasteiger partial charge is 0.490 e. The summed E-state index contributed by atoms with van der Waals surface area (Å²) in [5.41, 5.74) is 0.946. The van der Waals surface area contributed by atoms with Crippen molar-refractivity contribution in [1.82, 2.24) is 5.32 Å². The first-order valence-electron chi connectivity index (χ1n) is 8.06. The van der Waals surface area contributed by atoms with Gasteiger partial charge in [0.15, 0.2) is 17.5 Å². The minimum Gasteiger partial charge on any atom is -0.490 e. The van der Waals surface area contributed by atoms with Gasteiger partial charge in [0.2, 0.25) is 0 Å². The van der Waals surface area contributed by atoms with Gasteiger partial charge in [-0.15, -0.1) is 0 Å². The van der Waals surface area contributed by atoms with E-state index < -0.39 is 0 Å². The Labute approximate surface area is 133 Å². The first-order chi connectivity index (χ1) is 10.7. The molecule has 0 fully saturated rings. The van der Waals surface area contributed by atoms with E-state index in [4.69, 9.17) is 9.47 Å². The van der Waals surface area contributed by atoms with E-state index in [9.17, 15) is 0 Å². The van der Waals surface area contributed by atoms with Gasteiger partial charge in [0, 0.05) is 31.8 Å². The van der Waals surface area contributed by atoms with Crippen molar-refractivity contribution in [3.8, 4) is 11.5 Å². The maximum Gasteiger partial charge on any atom is 0.195 e. The smallest absolute Gasteiger partial charge is 0.195 e. The predicted molar refractivity (Wildman–Crippen MR) is 91.1 cm³/mol. The van der Waals surface area contributed by atoms with Gasteiger partial charge in [-0.3, -0.25) is 4.99 Å². The SMILES string of the molecule is CN=C(NCCCC(C)C)Nc1ccc2c(c1)OCCCO2. The summed E-state index contributed by atoms with van der Waals surface area (Å²) >= 11 is 0. The number of benzene rings is 1. The Bertz CT molecular complexity index is 501. The fourth-order valence-corrected chi connectivity index (χ4v) is 2.27. The molecule has 1 aromatic carbocycles. The quantitative estimate of drug-likeness (QED) is 0.498. The Kier molecular flexibility index (Phi) is 6.37. The average Bonchev–Trinajstić information content (AvgIpc) is 2.74. The molecule has 1 aliphatic heterocycles. The summed E-state index contributed by atoms with van der Waals surface area (Å²) in [6.45, 7) is 6.80. The van der Waals surface area contributed by atoms with Gasteiger partial charge in [-0.2, -0.15) is 0 Å². The van der Waals surface area contributed by atoms with Crippen LogP contribution in [0.1, 0.15) is 33.1 Å². The molecule has 122 valence electrons. The maximum atomic E-state index is 5.70. The van der Waals surface area contributed by atoms with E-state index in [0.717, 1.165) is 48.5 Å². The zero-order chi connectivity index (χ0) is 15.8. The molecule has 0 aromatic heterocycles. The van der Waals surface area contributed by atoms with Crippen LogP contribution in [0.2, 0.25) is 0 Å². The molecule has 0 saturated heterocycles. The third kappa shape index (κ3) is 5.13. The highest BCUT2D eigenvalue weighted by Crippen LogP contribution is 2.32. The third-order valence-corrected chi connectivity index (χ3v) is 3.48. The van der Waals surface area contributed by atoms with E-state index in [1.54, 1.807) is 7.05 Å². The summed E-state index contributed by atoms with van der Waals surface area (Å²) in [7, 11) is 1.78. The lowest BCUT2D eigenvalue weighted by atomic mass is 10.1. The molecule has 0 amide bonds. The molecule has 0 radical (unpaired) electrons. The third-order valence-electron chi connectivity index (χ3n) is 3.48. The summed E-state index contributed by atoms with van der Waals surface area (Å²) in [5, 5.41) is 6.62. The van der Waals surface area contributed by atoms with E-state index in [2.05, 4.69) is 29.5 Å². The van der Waals surface area contributed by atoms with Crippen molar-refractivity contribution >= 4 is 11.6 Å². The van der Waals surface area contributed by atoms with Crippen LogP contribution in [0.3, 0.4) is 0 Å². The lowest BCUT2D eigenvalue weighted by Gasteiger charge is -2.14. The predicted octanol–water partition coefficient (Wildman–Crippen LogP) is 3.27. The van der Waals surface area contributed by atoms with Crippen LogP contribution in [-0.2, 0) is 0 Å². The van der Waals surface area contributed by atoms with Crippen molar-refractivity contribution in [3.05, 3.63) is 18.2 Å². The number of hydrogen-bond donors (Lipinski definition) is 2. The normalized spacial score (nSPS) is 14.6. The van der Waals surface area contributed by atoms with Gasteiger partial charge in [0.1, 0.15) is 0 Å². The van der Waals surface area contributed by atoms with Crippen LogP contribution in [-0.4, -0.2) is 32.8 Å². The minimum atomic E-state index is 0.693. The molecule has 1 heterocycles. The number of ether oxygens (including phenoxy) is 2. The van der Waals surface area contributed by atoms with Crippen molar-refractivity contribution in [2.75, 3.05) is 32.1 Å². The molecule has 0 spiro atoms. The van der Waals surface area contributed by atoms with Gasteiger partial charge in [-0.1, -0.05) is 13.8 Å². The number of nitrogens with zero attached hydrogens (tertiary/aromatic N) is 1. The van der Waals surface area contributed by atoms with Crippen LogP contribution < -0.4 is 20.1 Å². The van der Waals surface area contributed by atoms with Crippen LogP contribution in [0.25, 0.3) is 0 Å². The molecule has 1 aliphatic rings. The van der Waals surface area contributed by atoms with Crippen molar-refractivity contribution in [2.24, 2.45) is 10.9 Å². The molecule has 22 heavy (non-hydrogen) atoms. The number of nitrogens with one attached hydrogen (secondary N) is 2. The second-order valence-electron chi connectivity index (χ2n) is 5.87. The van der Waals surface area contributed by atoms with Gasteiger partial charge in [0.05, 0.1) is 13.2 Å². The summed E-state index contributed by atoms with van der Waals surface area (Å²) in [6, 6.07) is 5.88. The molecule has 1 aromatic rings.